The van der Waals surface area contributed by atoms with Gasteiger partial charge in [-0.1, -0.05) is 42.5 Å². The molecule has 0 saturated carbocycles. The molecule has 5 heteroatoms. The number of likely N-dealkylation sites (tertiary alicyclic amines) is 1. The van der Waals surface area contributed by atoms with Crippen LogP contribution >= 0.6 is 0 Å². The van der Waals surface area contributed by atoms with E-state index in [1.165, 1.54) is 6.42 Å². The molecule has 0 N–H and O–H groups in total. The van der Waals surface area contributed by atoms with Crippen LogP contribution < -0.4 is 0 Å². The summed E-state index contributed by atoms with van der Waals surface area (Å²) in [5, 5.41) is 0. The summed E-state index contributed by atoms with van der Waals surface area (Å²) in [5.41, 5.74) is 2.44. The minimum Gasteiger partial charge on any atom is -0.339 e. The van der Waals surface area contributed by atoms with Crippen molar-refractivity contribution in [2.75, 3.05) is 18.8 Å². The predicted octanol–water partition coefficient (Wildman–Crippen LogP) is 3.86. The molecular weight excluding hydrogens is 358 g/mol. The normalized spacial score (nSPS) is 14.9. The fourth-order valence-electron chi connectivity index (χ4n) is 3.54. The van der Waals surface area contributed by atoms with Crippen molar-refractivity contribution < 1.29 is 13.2 Å². The molecule has 0 aromatic heterocycles. The first-order valence-electron chi connectivity index (χ1n) is 9.66. The maximum absolute atomic E-state index is 12.6. The average Bonchev–Trinajstić information content (AvgIpc) is 2.68. The maximum atomic E-state index is 12.6. The van der Waals surface area contributed by atoms with Gasteiger partial charge in [-0.3, -0.25) is 4.79 Å². The molecule has 0 aliphatic carbocycles. The Kier molecular flexibility index (Phi) is 6.67. The third-order valence-corrected chi connectivity index (χ3v) is 6.65. The largest absolute Gasteiger partial charge is 0.339 e. The maximum Gasteiger partial charge on any atom is 0.253 e. The number of amides is 1. The number of aryl methyl sites for hydroxylation is 1. The standard InChI is InChI=1S/C22H27NO3S/c24-22(23-14-5-2-6-15-23)21-13-7-11-20(17-21)18-27(25,26)16-8-12-19-9-3-1-4-10-19/h1,3-4,7,9-11,13,17H,2,5-6,8,12,14-16,18H2. The Balaban J connectivity index is 1.58. The van der Waals surface area contributed by atoms with Crippen LogP contribution in [0.2, 0.25) is 0 Å². The molecule has 1 fully saturated rings. The summed E-state index contributed by atoms with van der Waals surface area (Å²) in [4.78, 5) is 14.5. The number of hydrogen-bond acceptors (Lipinski definition) is 3. The van der Waals surface area contributed by atoms with E-state index in [9.17, 15) is 13.2 Å². The fraction of sp³-hybridized carbons (Fsp3) is 0.409. The first kappa shape index (κ1) is 19.6. The van der Waals surface area contributed by atoms with Gasteiger partial charge in [-0.25, -0.2) is 8.42 Å². The van der Waals surface area contributed by atoms with Crippen LogP contribution in [0.4, 0.5) is 0 Å². The minimum absolute atomic E-state index is 0.0110. The van der Waals surface area contributed by atoms with Gasteiger partial charge in [0.05, 0.1) is 11.5 Å². The molecule has 4 nitrogen and oxygen atoms in total. The number of benzene rings is 2. The Morgan fingerprint density at radius 3 is 2.33 bits per heavy atom. The molecule has 1 amide bonds. The summed E-state index contributed by atoms with van der Waals surface area (Å²) in [5.74, 6) is 0.160. The molecule has 1 aliphatic heterocycles. The summed E-state index contributed by atoms with van der Waals surface area (Å²) in [6.45, 7) is 1.59. The average molecular weight is 386 g/mol. The van der Waals surface area contributed by atoms with Crippen LogP contribution in [0, 0.1) is 0 Å². The lowest BCUT2D eigenvalue weighted by Gasteiger charge is -2.26. The molecule has 27 heavy (non-hydrogen) atoms. The van der Waals surface area contributed by atoms with Gasteiger partial charge in [-0.05, 0) is 55.4 Å². The van der Waals surface area contributed by atoms with Crippen molar-refractivity contribution in [3.63, 3.8) is 0 Å². The summed E-state index contributed by atoms with van der Waals surface area (Å²) in [6, 6.07) is 17.0. The number of carbonyl (C=O) groups is 1. The molecule has 0 unspecified atom stereocenters. The molecule has 0 radical (unpaired) electrons. The monoisotopic (exact) mass is 385 g/mol. The molecule has 144 valence electrons. The van der Waals surface area contributed by atoms with E-state index in [2.05, 4.69) is 0 Å². The fourth-order valence-corrected chi connectivity index (χ4v) is 4.96. The Bertz CT molecular complexity index is 856. The van der Waals surface area contributed by atoms with Gasteiger partial charge in [0.25, 0.3) is 5.91 Å². The molecule has 3 rings (SSSR count). The summed E-state index contributed by atoms with van der Waals surface area (Å²) in [6.07, 6.45) is 4.62. The Labute approximate surface area is 162 Å². The first-order valence-corrected chi connectivity index (χ1v) is 11.5. The van der Waals surface area contributed by atoms with Crippen molar-refractivity contribution in [2.24, 2.45) is 0 Å². The van der Waals surface area contributed by atoms with E-state index < -0.39 is 9.84 Å². The lowest BCUT2D eigenvalue weighted by atomic mass is 10.1. The second-order valence-corrected chi connectivity index (χ2v) is 9.42. The van der Waals surface area contributed by atoms with Crippen LogP contribution in [0.3, 0.4) is 0 Å². The van der Waals surface area contributed by atoms with Crippen LogP contribution in [0.25, 0.3) is 0 Å². The highest BCUT2D eigenvalue weighted by atomic mass is 32.2. The highest BCUT2D eigenvalue weighted by molar-refractivity contribution is 7.90. The van der Waals surface area contributed by atoms with Gasteiger partial charge in [0.1, 0.15) is 0 Å². The number of hydrogen-bond donors (Lipinski definition) is 0. The SMILES string of the molecule is O=C(c1cccc(CS(=O)(=O)CCCc2ccccc2)c1)N1CCCCC1. The van der Waals surface area contributed by atoms with Gasteiger partial charge in [-0.2, -0.15) is 0 Å². The van der Waals surface area contributed by atoms with E-state index in [1.54, 1.807) is 24.3 Å². The van der Waals surface area contributed by atoms with E-state index in [4.69, 9.17) is 0 Å². The van der Waals surface area contributed by atoms with E-state index in [1.807, 2.05) is 35.2 Å². The zero-order valence-corrected chi connectivity index (χ0v) is 16.5. The van der Waals surface area contributed by atoms with Gasteiger partial charge < -0.3 is 4.90 Å². The van der Waals surface area contributed by atoms with Crippen molar-refractivity contribution in [3.05, 3.63) is 71.3 Å². The highest BCUT2D eigenvalue weighted by Crippen LogP contribution is 2.16. The zero-order chi connectivity index (χ0) is 19.1. The van der Waals surface area contributed by atoms with Crippen LogP contribution in [0.1, 0.15) is 47.2 Å². The summed E-state index contributed by atoms with van der Waals surface area (Å²) in [7, 11) is -3.20. The number of carbonyl (C=O) groups excluding carboxylic acids is 1. The topological polar surface area (TPSA) is 54.5 Å². The van der Waals surface area contributed by atoms with E-state index in [0.717, 1.165) is 37.9 Å². The van der Waals surface area contributed by atoms with E-state index >= 15 is 0 Å². The number of piperidine rings is 1. The van der Waals surface area contributed by atoms with Crippen LogP contribution in [0.15, 0.2) is 54.6 Å². The Morgan fingerprint density at radius 1 is 0.889 bits per heavy atom. The van der Waals surface area contributed by atoms with Crippen molar-refractivity contribution in [2.45, 2.75) is 37.9 Å². The highest BCUT2D eigenvalue weighted by Gasteiger charge is 2.19. The predicted molar refractivity (Wildman–Crippen MR) is 108 cm³/mol. The number of nitrogens with zero attached hydrogens (tertiary/aromatic N) is 1. The Morgan fingerprint density at radius 2 is 1.59 bits per heavy atom. The molecule has 1 saturated heterocycles. The lowest BCUT2D eigenvalue weighted by Crippen LogP contribution is -2.35. The molecule has 2 aromatic carbocycles. The molecule has 0 atom stereocenters. The van der Waals surface area contributed by atoms with Crippen LogP contribution in [-0.4, -0.2) is 38.1 Å². The first-order chi connectivity index (χ1) is 13.0. The lowest BCUT2D eigenvalue weighted by molar-refractivity contribution is 0.0724. The number of rotatable bonds is 7. The summed E-state index contributed by atoms with van der Waals surface area (Å²) >= 11 is 0. The Hall–Kier alpha value is -2.14. The van der Waals surface area contributed by atoms with Crippen molar-refractivity contribution in [1.82, 2.24) is 4.90 Å². The molecule has 1 heterocycles. The molecule has 1 aliphatic rings. The van der Waals surface area contributed by atoms with Crippen molar-refractivity contribution in [1.29, 1.82) is 0 Å². The van der Waals surface area contributed by atoms with Gasteiger partial charge in [-0.15, -0.1) is 0 Å². The van der Waals surface area contributed by atoms with Gasteiger partial charge >= 0.3 is 0 Å². The van der Waals surface area contributed by atoms with Gasteiger partial charge in [0.2, 0.25) is 0 Å². The molecule has 2 aromatic rings. The molecule has 0 spiro atoms. The van der Waals surface area contributed by atoms with Crippen molar-refractivity contribution >= 4 is 15.7 Å². The third-order valence-electron chi connectivity index (χ3n) is 4.97. The molecule has 0 bridgehead atoms. The quantitative estimate of drug-likeness (QED) is 0.727. The number of sulfone groups is 1. The van der Waals surface area contributed by atoms with E-state index in [0.29, 0.717) is 17.5 Å². The molecular formula is C22H27NO3S. The van der Waals surface area contributed by atoms with Crippen molar-refractivity contribution in [3.8, 4) is 0 Å². The van der Waals surface area contributed by atoms with Crippen LogP contribution in [0.5, 0.6) is 0 Å². The van der Waals surface area contributed by atoms with Crippen LogP contribution in [-0.2, 0) is 22.0 Å². The second kappa shape index (κ2) is 9.18. The third kappa shape index (κ3) is 5.93. The summed E-state index contributed by atoms with van der Waals surface area (Å²) < 4.78 is 25.0. The van der Waals surface area contributed by atoms with Gasteiger partial charge in [0.15, 0.2) is 9.84 Å². The van der Waals surface area contributed by atoms with Gasteiger partial charge in [0, 0.05) is 18.7 Å². The smallest absolute Gasteiger partial charge is 0.253 e. The zero-order valence-electron chi connectivity index (χ0n) is 15.6. The van der Waals surface area contributed by atoms with E-state index in [-0.39, 0.29) is 17.4 Å². The minimum atomic E-state index is -3.20. The second-order valence-electron chi connectivity index (χ2n) is 7.23.